The van der Waals surface area contributed by atoms with E-state index in [0.29, 0.717) is 24.9 Å². The summed E-state index contributed by atoms with van der Waals surface area (Å²) in [5, 5.41) is 0. The molecule has 142 valence electrons. The molecule has 1 fully saturated rings. The van der Waals surface area contributed by atoms with E-state index in [-0.39, 0.29) is 5.91 Å². The van der Waals surface area contributed by atoms with Gasteiger partial charge in [0.15, 0.2) is 11.5 Å². The number of carbonyl (C=O) groups is 1. The summed E-state index contributed by atoms with van der Waals surface area (Å²) >= 11 is 0. The largest absolute Gasteiger partial charge is 0.493 e. The van der Waals surface area contributed by atoms with Crippen molar-refractivity contribution in [3.8, 4) is 11.5 Å². The lowest BCUT2D eigenvalue weighted by molar-refractivity contribution is -0.127. The van der Waals surface area contributed by atoms with Gasteiger partial charge in [0.2, 0.25) is 5.91 Å². The minimum absolute atomic E-state index is 0.00781. The van der Waals surface area contributed by atoms with Gasteiger partial charge in [-0.2, -0.15) is 0 Å². The van der Waals surface area contributed by atoms with Gasteiger partial charge >= 0.3 is 0 Å². The van der Waals surface area contributed by atoms with Gasteiger partial charge in [-0.3, -0.25) is 9.78 Å². The summed E-state index contributed by atoms with van der Waals surface area (Å²) in [4.78, 5) is 19.0. The molecule has 1 aliphatic rings. The molecule has 1 aliphatic carbocycles. The second-order valence-corrected chi connectivity index (χ2v) is 6.61. The van der Waals surface area contributed by atoms with Gasteiger partial charge < -0.3 is 14.4 Å². The molecular weight excluding hydrogens is 340 g/mol. The summed E-state index contributed by atoms with van der Waals surface area (Å²) in [5.74, 6) is 1.40. The smallest absolute Gasteiger partial charge is 0.247 e. The van der Waals surface area contributed by atoms with Crippen LogP contribution in [0.4, 0.5) is 0 Å². The highest BCUT2D eigenvalue weighted by molar-refractivity contribution is 5.92. The van der Waals surface area contributed by atoms with Crippen molar-refractivity contribution in [2.75, 3.05) is 13.7 Å². The quantitative estimate of drug-likeness (QED) is 0.628. The molecule has 1 amide bonds. The zero-order valence-corrected chi connectivity index (χ0v) is 15.9. The van der Waals surface area contributed by atoms with Crippen LogP contribution in [0.5, 0.6) is 11.5 Å². The Labute approximate surface area is 160 Å². The zero-order chi connectivity index (χ0) is 19.1. The number of pyridine rings is 1. The first-order chi connectivity index (χ1) is 13.2. The molecule has 5 nitrogen and oxygen atoms in total. The average Bonchev–Trinajstić information content (AvgIpc) is 3.54. The standard InChI is InChI=1S/C22H26N2O3/c1-3-14-27-20-11-7-17(15-21(20)26-2)8-12-22(25)24(19-9-10-19)16-18-6-4-5-13-23-18/h4-8,11-13,15,19H,3,9-10,14,16H2,1-2H3/b12-8+. The summed E-state index contributed by atoms with van der Waals surface area (Å²) in [6, 6.07) is 11.8. The van der Waals surface area contributed by atoms with Crippen LogP contribution < -0.4 is 9.47 Å². The number of benzene rings is 1. The number of hydrogen-bond acceptors (Lipinski definition) is 4. The van der Waals surface area contributed by atoms with Gasteiger partial charge in [0, 0.05) is 18.3 Å². The minimum atomic E-state index is 0.00781. The second-order valence-electron chi connectivity index (χ2n) is 6.61. The third-order valence-electron chi connectivity index (χ3n) is 4.40. The first kappa shape index (κ1) is 19.0. The number of rotatable bonds is 9. The first-order valence-electron chi connectivity index (χ1n) is 9.40. The van der Waals surface area contributed by atoms with Crippen LogP contribution in [-0.4, -0.2) is 35.5 Å². The fourth-order valence-electron chi connectivity index (χ4n) is 2.82. The molecule has 0 aliphatic heterocycles. The number of aromatic nitrogens is 1. The Morgan fingerprint density at radius 1 is 1.26 bits per heavy atom. The maximum atomic E-state index is 12.7. The van der Waals surface area contributed by atoms with E-state index in [2.05, 4.69) is 11.9 Å². The van der Waals surface area contributed by atoms with E-state index in [1.807, 2.05) is 47.4 Å². The van der Waals surface area contributed by atoms with Crippen LogP contribution in [0.25, 0.3) is 6.08 Å². The van der Waals surface area contributed by atoms with Gasteiger partial charge in [-0.05, 0) is 55.2 Å². The van der Waals surface area contributed by atoms with Crippen molar-refractivity contribution in [2.24, 2.45) is 0 Å². The second kappa shape index (κ2) is 9.21. The number of amides is 1. The van der Waals surface area contributed by atoms with Crippen molar-refractivity contribution in [3.63, 3.8) is 0 Å². The van der Waals surface area contributed by atoms with Crippen LogP contribution in [0, 0.1) is 0 Å². The molecule has 0 unspecified atom stereocenters. The Hall–Kier alpha value is -2.82. The first-order valence-corrected chi connectivity index (χ1v) is 9.40. The molecule has 0 N–H and O–H groups in total. The highest BCUT2D eigenvalue weighted by Crippen LogP contribution is 2.30. The highest BCUT2D eigenvalue weighted by Gasteiger charge is 2.31. The molecule has 1 aromatic carbocycles. The maximum absolute atomic E-state index is 12.7. The van der Waals surface area contributed by atoms with Crippen molar-refractivity contribution in [1.82, 2.24) is 9.88 Å². The molecule has 0 atom stereocenters. The normalized spacial score (nSPS) is 13.6. The third-order valence-corrected chi connectivity index (χ3v) is 4.40. The van der Waals surface area contributed by atoms with Gasteiger partial charge in [0.25, 0.3) is 0 Å². The molecule has 1 aromatic heterocycles. The predicted molar refractivity (Wildman–Crippen MR) is 106 cm³/mol. The van der Waals surface area contributed by atoms with Crippen LogP contribution in [-0.2, 0) is 11.3 Å². The van der Waals surface area contributed by atoms with Crippen molar-refractivity contribution in [3.05, 3.63) is 59.9 Å². The zero-order valence-electron chi connectivity index (χ0n) is 15.9. The lowest BCUT2D eigenvalue weighted by atomic mass is 10.2. The summed E-state index contributed by atoms with van der Waals surface area (Å²) in [6.45, 7) is 3.25. The molecule has 1 saturated carbocycles. The Morgan fingerprint density at radius 3 is 2.78 bits per heavy atom. The van der Waals surface area contributed by atoms with Gasteiger partial charge in [-0.25, -0.2) is 0 Å². The Balaban J connectivity index is 1.69. The van der Waals surface area contributed by atoms with Gasteiger partial charge in [0.05, 0.1) is 26.0 Å². The molecular formula is C22H26N2O3. The fourth-order valence-corrected chi connectivity index (χ4v) is 2.82. The molecule has 0 bridgehead atoms. The molecule has 5 heteroatoms. The summed E-state index contributed by atoms with van der Waals surface area (Å²) < 4.78 is 11.1. The Morgan fingerprint density at radius 2 is 2.11 bits per heavy atom. The van der Waals surface area contributed by atoms with Crippen molar-refractivity contribution >= 4 is 12.0 Å². The monoisotopic (exact) mass is 366 g/mol. The van der Waals surface area contributed by atoms with Crippen molar-refractivity contribution in [2.45, 2.75) is 38.8 Å². The summed E-state index contributed by atoms with van der Waals surface area (Å²) in [6.07, 6.45) is 8.26. The van der Waals surface area contributed by atoms with Crippen molar-refractivity contribution < 1.29 is 14.3 Å². The van der Waals surface area contributed by atoms with Gasteiger partial charge in [-0.15, -0.1) is 0 Å². The molecule has 2 aromatic rings. The summed E-state index contributed by atoms with van der Waals surface area (Å²) in [5.41, 5.74) is 1.81. The Kier molecular flexibility index (Phi) is 6.47. The predicted octanol–water partition coefficient (Wildman–Crippen LogP) is 4.08. The van der Waals surface area contributed by atoms with Crippen LogP contribution >= 0.6 is 0 Å². The van der Waals surface area contributed by atoms with Gasteiger partial charge in [-0.1, -0.05) is 19.1 Å². The Bertz CT molecular complexity index is 785. The van der Waals surface area contributed by atoms with Crippen LogP contribution in [0.3, 0.4) is 0 Å². The average molecular weight is 366 g/mol. The van der Waals surface area contributed by atoms with E-state index in [0.717, 1.165) is 36.3 Å². The number of carbonyl (C=O) groups excluding carboxylic acids is 1. The lowest BCUT2D eigenvalue weighted by Crippen LogP contribution is -2.31. The van der Waals surface area contributed by atoms with Crippen LogP contribution in [0.2, 0.25) is 0 Å². The molecule has 1 heterocycles. The van der Waals surface area contributed by atoms with E-state index in [1.54, 1.807) is 19.4 Å². The number of hydrogen-bond donors (Lipinski definition) is 0. The number of methoxy groups -OCH3 is 1. The minimum Gasteiger partial charge on any atom is -0.493 e. The topological polar surface area (TPSA) is 51.7 Å². The third kappa shape index (κ3) is 5.33. The van der Waals surface area contributed by atoms with Crippen LogP contribution in [0.15, 0.2) is 48.7 Å². The van der Waals surface area contributed by atoms with E-state index >= 15 is 0 Å². The maximum Gasteiger partial charge on any atom is 0.247 e. The fraction of sp³-hybridized carbons (Fsp3) is 0.364. The van der Waals surface area contributed by atoms with E-state index in [1.165, 1.54) is 0 Å². The van der Waals surface area contributed by atoms with Crippen molar-refractivity contribution in [1.29, 1.82) is 0 Å². The summed E-state index contributed by atoms with van der Waals surface area (Å²) in [7, 11) is 1.62. The van der Waals surface area contributed by atoms with E-state index in [9.17, 15) is 4.79 Å². The lowest BCUT2D eigenvalue weighted by Gasteiger charge is -2.20. The molecule has 3 rings (SSSR count). The number of nitrogens with zero attached hydrogens (tertiary/aromatic N) is 2. The van der Waals surface area contributed by atoms with Crippen LogP contribution in [0.1, 0.15) is 37.4 Å². The van der Waals surface area contributed by atoms with Gasteiger partial charge in [0.1, 0.15) is 0 Å². The molecule has 27 heavy (non-hydrogen) atoms. The molecule has 0 radical (unpaired) electrons. The number of ether oxygens (including phenoxy) is 2. The highest BCUT2D eigenvalue weighted by atomic mass is 16.5. The van der Waals surface area contributed by atoms with E-state index in [4.69, 9.17) is 9.47 Å². The molecule has 0 saturated heterocycles. The van der Waals surface area contributed by atoms with E-state index < -0.39 is 0 Å². The molecule has 0 spiro atoms. The SMILES string of the molecule is CCCOc1ccc(/C=C/C(=O)N(Cc2ccccn2)C2CC2)cc1OC.